The molecule has 0 aliphatic rings. The fourth-order valence-corrected chi connectivity index (χ4v) is 4.79. The maximum Gasteiger partial charge on any atom is 0.135 e. The normalized spacial score (nSPS) is 11.8. The standard InChI is InChI=1S/C31H23NO/c1-3-9-28-23(4-2)26-14-8-13-24(31(26)32-28)22-11-7-10-20(18-22)21-16-17-30-27(19-21)25-12-5-6-15-29(25)33-30/h3-19,32H,2H2,1H3/b9-3-. The van der Waals surface area contributed by atoms with Crippen molar-refractivity contribution in [3.8, 4) is 22.3 Å². The topological polar surface area (TPSA) is 28.9 Å². The number of H-pyrrole nitrogens is 1. The molecule has 0 radical (unpaired) electrons. The first-order valence-electron chi connectivity index (χ1n) is 11.2. The zero-order chi connectivity index (χ0) is 22.4. The van der Waals surface area contributed by atoms with Crippen LogP contribution in [0.2, 0.25) is 0 Å². The van der Waals surface area contributed by atoms with Gasteiger partial charge in [0.1, 0.15) is 11.2 Å². The zero-order valence-electron chi connectivity index (χ0n) is 18.4. The highest BCUT2D eigenvalue weighted by Crippen LogP contribution is 2.36. The third kappa shape index (κ3) is 3.11. The van der Waals surface area contributed by atoms with Gasteiger partial charge >= 0.3 is 0 Å². The highest BCUT2D eigenvalue weighted by Gasteiger charge is 2.13. The quantitative estimate of drug-likeness (QED) is 0.300. The van der Waals surface area contributed by atoms with E-state index in [1.54, 1.807) is 0 Å². The maximum atomic E-state index is 6.01. The zero-order valence-corrected chi connectivity index (χ0v) is 18.4. The van der Waals surface area contributed by atoms with Crippen LogP contribution in [0.3, 0.4) is 0 Å². The molecule has 33 heavy (non-hydrogen) atoms. The van der Waals surface area contributed by atoms with E-state index >= 15 is 0 Å². The van der Waals surface area contributed by atoms with Crippen LogP contribution >= 0.6 is 0 Å². The number of aromatic amines is 1. The van der Waals surface area contributed by atoms with Gasteiger partial charge in [-0.3, -0.25) is 0 Å². The maximum absolute atomic E-state index is 6.01. The number of fused-ring (bicyclic) bond motifs is 4. The van der Waals surface area contributed by atoms with Crippen LogP contribution in [0.1, 0.15) is 18.2 Å². The Hall–Kier alpha value is -4.30. The fourth-order valence-electron chi connectivity index (χ4n) is 4.79. The molecule has 2 nitrogen and oxygen atoms in total. The molecule has 6 aromatic rings. The van der Waals surface area contributed by atoms with E-state index in [0.717, 1.165) is 38.7 Å². The SMILES string of the molecule is C=Cc1c(/C=C\C)[nH]c2c(-c3cccc(-c4ccc5oc6ccccc6c5c4)c3)cccc12. The molecule has 0 saturated heterocycles. The highest BCUT2D eigenvalue weighted by molar-refractivity contribution is 6.06. The van der Waals surface area contributed by atoms with Gasteiger partial charge in [0, 0.05) is 33.0 Å². The molecular weight excluding hydrogens is 402 g/mol. The summed E-state index contributed by atoms with van der Waals surface area (Å²) < 4.78 is 6.01. The number of furan rings is 1. The summed E-state index contributed by atoms with van der Waals surface area (Å²) in [6.45, 7) is 6.06. The Bertz CT molecular complexity index is 1690. The molecule has 0 unspecified atom stereocenters. The lowest BCUT2D eigenvalue weighted by atomic mass is 9.96. The number of para-hydroxylation sites is 2. The second-order valence-corrected chi connectivity index (χ2v) is 8.27. The molecule has 4 aromatic carbocycles. The van der Waals surface area contributed by atoms with Crippen molar-refractivity contribution >= 4 is 45.0 Å². The Labute approximate surface area is 192 Å². The molecule has 0 amide bonds. The van der Waals surface area contributed by atoms with Gasteiger partial charge in [-0.05, 0) is 54.0 Å². The van der Waals surface area contributed by atoms with Crippen LogP contribution < -0.4 is 0 Å². The van der Waals surface area contributed by atoms with Gasteiger partial charge in [0.25, 0.3) is 0 Å². The van der Waals surface area contributed by atoms with Gasteiger partial charge in [0.05, 0.1) is 5.52 Å². The fraction of sp³-hybridized carbons (Fsp3) is 0.0323. The minimum Gasteiger partial charge on any atom is -0.456 e. The molecule has 0 fully saturated rings. The van der Waals surface area contributed by atoms with E-state index in [-0.39, 0.29) is 0 Å². The highest BCUT2D eigenvalue weighted by atomic mass is 16.3. The Balaban J connectivity index is 1.51. The van der Waals surface area contributed by atoms with E-state index in [0.29, 0.717) is 0 Å². The van der Waals surface area contributed by atoms with E-state index in [1.807, 2.05) is 31.2 Å². The van der Waals surface area contributed by atoms with Gasteiger partial charge in [0.15, 0.2) is 0 Å². The first-order valence-corrected chi connectivity index (χ1v) is 11.2. The predicted octanol–water partition coefficient (Wildman–Crippen LogP) is 9.08. The number of nitrogens with one attached hydrogen (secondary N) is 1. The van der Waals surface area contributed by atoms with E-state index in [1.165, 1.54) is 27.6 Å². The van der Waals surface area contributed by atoms with E-state index in [4.69, 9.17) is 4.42 Å². The van der Waals surface area contributed by atoms with Gasteiger partial charge in [-0.15, -0.1) is 0 Å². The van der Waals surface area contributed by atoms with Gasteiger partial charge in [0.2, 0.25) is 0 Å². The van der Waals surface area contributed by atoms with Crippen LogP contribution in [0.25, 0.3) is 67.2 Å². The van der Waals surface area contributed by atoms with Crippen molar-refractivity contribution in [3.63, 3.8) is 0 Å². The number of hydrogen-bond acceptors (Lipinski definition) is 1. The second kappa shape index (κ2) is 7.68. The van der Waals surface area contributed by atoms with Gasteiger partial charge in [-0.2, -0.15) is 0 Å². The minimum atomic E-state index is 0.917. The van der Waals surface area contributed by atoms with Crippen LogP contribution in [0.5, 0.6) is 0 Å². The molecule has 2 aromatic heterocycles. The number of hydrogen-bond donors (Lipinski definition) is 1. The lowest BCUT2D eigenvalue weighted by Crippen LogP contribution is -1.83. The van der Waals surface area contributed by atoms with Crippen molar-refractivity contribution < 1.29 is 4.42 Å². The number of benzene rings is 4. The summed E-state index contributed by atoms with van der Waals surface area (Å²) in [5.41, 5.74) is 9.92. The van der Waals surface area contributed by atoms with Gasteiger partial charge < -0.3 is 9.40 Å². The second-order valence-electron chi connectivity index (χ2n) is 8.27. The third-order valence-corrected chi connectivity index (χ3v) is 6.33. The van der Waals surface area contributed by atoms with Crippen molar-refractivity contribution in [3.05, 3.63) is 109 Å². The molecule has 0 aliphatic heterocycles. The smallest absolute Gasteiger partial charge is 0.135 e. The van der Waals surface area contributed by atoms with Crippen molar-refractivity contribution in [2.24, 2.45) is 0 Å². The average molecular weight is 426 g/mol. The summed E-state index contributed by atoms with van der Waals surface area (Å²) in [7, 11) is 0. The Morgan fingerprint density at radius 1 is 0.727 bits per heavy atom. The summed E-state index contributed by atoms with van der Waals surface area (Å²) in [5.74, 6) is 0. The summed E-state index contributed by atoms with van der Waals surface area (Å²) >= 11 is 0. The predicted molar refractivity (Wildman–Crippen MR) is 141 cm³/mol. The summed E-state index contributed by atoms with van der Waals surface area (Å²) in [4.78, 5) is 3.61. The Morgan fingerprint density at radius 2 is 1.48 bits per heavy atom. The lowest BCUT2D eigenvalue weighted by molar-refractivity contribution is 0.669. The number of allylic oxidation sites excluding steroid dienone is 1. The van der Waals surface area contributed by atoms with Crippen LogP contribution in [0.4, 0.5) is 0 Å². The van der Waals surface area contributed by atoms with Crippen molar-refractivity contribution in [1.29, 1.82) is 0 Å². The van der Waals surface area contributed by atoms with Gasteiger partial charge in [-0.1, -0.05) is 79.4 Å². The Morgan fingerprint density at radius 3 is 2.36 bits per heavy atom. The van der Waals surface area contributed by atoms with Crippen LogP contribution in [-0.2, 0) is 0 Å². The molecule has 0 aliphatic carbocycles. The number of aromatic nitrogens is 1. The van der Waals surface area contributed by atoms with Crippen molar-refractivity contribution in [2.75, 3.05) is 0 Å². The third-order valence-electron chi connectivity index (χ3n) is 6.33. The monoisotopic (exact) mass is 425 g/mol. The van der Waals surface area contributed by atoms with Crippen LogP contribution in [0.15, 0.2) is 102 Å². The summed E-state index contributed by atoms with van der Waals surface area (Å²) in [6, 6.07) is 29.8. The molecule has 2 heterocycles. The van der Waals surface area contributed by atoms with Crippen LogP contribution in [-0.4, -0.2) is 4.98 Å². The van der Waals surface area contributed by atoms with E-state index in [2.05, 4.69) is 90.4 Å². The lowest BCUT2D eigenvalue weighted by Gasteiger charge is -2.08. The Kier molecular flexibility index (Phi) is 4.51. The molecule has 0 spiro atoms. The first-order chi connectivity index (χ1) is 16.3. The summed E-state index contributed by atoms with van der Waals surface area (Å²) in [5, 5.41) is 3.48. The average Bonchev–Trinajstić information content (AvgIpc) is 3.41. The molecule has 158 valence electrons. The van der Waals surface area contributed by atoms with Crippen molar-refractivity contribution in [1.82, 2.24) is 4.98 Å². The first kappa shape index (κ1) is 19.4. The van der Waals surface area contributed by atoms with E-state index in [9.17, 15) is 0 Å². The molecule has 0 bridgehead atoms. The molecule has 6 rings (SSSR count). The summed E-state index contributed by atoms with van der Waals surface area (Å²) in [6.07, 6.45) is 6.08. The number of rotatable bonds is 4. The molecule has 0 atom stereocenters. The van der Waals surface area contributed by atoms with Crippen LogP contribution in [0, 0.1) is 0 Å². The molecule has 1 N–H and O–H groups in total. The molecular formula is C31H23NO. The molecule has 0 saturated carbocycles. The van der Waals surface area contributed by atoms with Gasteiger partial charge in [-0.25, -0.2) is 0 Å². The van der Waals surface area contributed by atoms with Crippen molar-refractivity contribution in [2.45, 2.75) is 6.92 Å². The largest absolute Gasteiger partial charge is 0.456 e. The molecule has 2 heteroatoms. The minimum absolute atomic E-state index is 0.917. The van der Waals surface area contributed by atoms with E-state index < -0.39 is 0 Å².